The van der Waals surface area contributed by atoms with Crippen molar-refractivity contribution in [2.45, 2.75) is 20.3 Å². The molecule has 0 saturated carbocycles. The van der Waals surface area contributed by atoms with E-state index in [1.807, 2.05) is 0 Å². The van der Waals surface area contributed by atoms with Gasteiger partial charge in [-0.05, 0) is 5.92 Å². The molecule has 6 heteroatoms. The lowest BCUT2D eigenvalue weighted by molar-refractivity contribution is -0.120. The van der Waals surface area contributed by atoms with Crippen LogP contribution in [0.2, 0.25) is 0 Å². The van der Waals surface area contributed by atoms with Crippen LogP contribution in [0.15, 0.2) is 12.4 Å². The lowest BCUT2D eigenvalue weighted by Crippen LogP contribution is -2.28. The highest BCUT2D eigenvalue weighted by Gasteiger charge is 2.03. The van der Waals surface area contributed by atoms with Crippen molar-refractivity contribution in [1.82, 2.24) is 15.3 Å². The standard InChI is InChI=1S/C11H19N5O/c1-8(2)7-16-9(17)3-4-14-11-10(12)13-5-6-15-11/h5-6,8H,3-4,7H2,1-2H3,(H2,12,13)(H,14,15)(H,16,17). The molecular weight excluding hydrogens is 218 g/mol. The van der Waals surface area contributed by atoms with Gasteiger partial charge in [0.05, 0.1) is 0 Å². The highest BCUT2D eigenvalue weighted by Crippen LogP contribution is 2.08. The summed E-state index contributed by atoms with van der Waals surface area (Å²) < 4.78 is 0. The number of nitrogens with zero attached hydrogens (tertiary/aromatic N) is 2. The Morgan fingerprint density at radius 3 is 2.76 bits per heavy atom. The quantitative estimate of drug-likeness (QED) is 0.675. The molecule has 94 valence electrons. The van der Waals surface area contributed by atoms with Crippen LogP contribution in [0.5, 0.6) is 0 Å². The molecule has 0 bridgehead atoms. The van der Waals surface area contributed by atoms with Gasteiger partial charge in [0.1, 0.15) is 0 Å². The minimum Gasteiger partial charge on any atom is -0.381 e. The van der Waals surface area contributed by atoms with Crippen LogP contribution in [0.1, 0.15) is 20.3 Å². The molecule has 1 rings (SSSR count). The van der Waals surface area contributed by atoms with Crippen molar-refractivity contribution in [1.29, 1.82) is 0 Å². The Hall–Kier alpha value is -1.85. The van der Waals surface area contributed by atoms with Gasteiger partial charge in [0.25, 0.3) is 0 Å². The van der Waals surface area contributed by atoms with Crippen molar-refractivity contribution in [3.05, 3.63) is 12.4 Å². The Morgan fingerprint density at radius 1 is 1.41 bits per heavy atom. The SMILES string of the molecule is CC(C)CNC(=O)CCNc1nccnc1N. The molecule has 0 aromatic carbocycles. The Kier molecular flexibility index (Phi) is 5.19. The van der Waals surface area contributed by atoms with Gasteiger partial charge in [0.2, 0.25) is 5.91 Å². The number of carbonyl (C=O) groups excluding carboxylic acids is 1. The number of aromatic nitrogens is 2. The molecule has 0 aliphatic heterocycles. The van der Waals surface area contributed by atoms with E-state index in [1.54, 1.807) is 6.20 Å². The number of anilines is 2. The minimum absolute atomic E-state index is 0.0219. The molecule has 0 unspecified atom stereocenters. The summed E-state index contributed by atoms with van der Waals surface area (Å²) in [7, 11) is 0. The smallest absolute Gasteiger partial charge is 0.221 e. The van der Waals surface area contributed by atoms with Gasteiger partial charge in [0, 0.05) is 31.9 Å². The monoisotopic (exact) mass is 237 g/mol. The highest BCUT2D eigenvalue weighted by molar-refractivity contribution is 5.76. The lowest BCUT2D eigenvalue weighted by Gasteiger charge is -2.09. The van der Waals surface area contributed by atoms with Crippen LogP contribution in [0.25, 0.3) is 0 Å². The summed E-state index contributed by atoms with van der Waals surface area (Å²) in [5, 5.41) is 5.81. The first kappa shape index (κ1) is 13.2. The Balaban J connectivity index is 2.24. The van der Waals surface area contributed by atoms with Crippen LogP contribution in [-0.2, 0) is 4.79 Å². The largest absolute Gasteiger partial charge is 0.381 e. The van der Waals surface area contributed by atoms with Crippen LogP contribution in [0.3, 0.4) is 0 Å². The first-order chi connectivity index (χ1) is 8.09. The second-order valence-corrected chi connectivity index (χ2v) is 4.16. The van der Waals surface area contributed by atoms with Gasteiger partial charge in [-0.3, -0.25) is 4.79 Å². The summed E-state index contributed by atoms with van der Waals surface area (Å²) in [5.74, 6) is 1.34. The van der Waals surface area contributed by atoms with Gasteiger partial charge in [-0.2, -0.15) is 0 Å². The topological polar surface area (TPSA) is 92.9 Å². The summed E-state index contributed by atoms with van der Waals surface area (Å²) >= 11 is 0. The van der Waals surface area contributed by atoms with Crippen LogP contribution < -0.4 is 16.4 Å². The molecule has 0 saturated heterocycles. The molecule has 1 aromatic heterocycles. The maximum atomic E-state index is 11.4. The number of rotatable bonds is 6. The van der Waals surface area contributed by atoms with Crippen molar-refractivity contribution in [3.8, 4) is 0 Å². The molecule has 1 aromatic rings. The summed E-state index contributed by atoms with van der Waals surface area (Å²) in [4.78, 5) is 19.3. The third kappa shape index (κ3) is 5.14. The zero-order chi connectivity index (χ0) is 12.7. The van der Waals surface area contributed by atoms with Crippen molar-refractivity contribution in [3.63, 3.8) is 0 Å². The van der Waals surface area contributed by atoms with E-state index in [-0.39, 0.29) is 5.91 Å². The number of amides is 1. The van der Waals surface area contributed by atoms with E-state index >= 15 is 0 Å². The summed E-state index contributed by atoms with van der Waals surface area (Å²) in [5.41, 5.74) is 5.60. The van der Waals surface area contributed by atoms with Crippen LogP contribution in [-0.4, -0.2) is 29.0 Å². The zero-order valence-corrected chi connectivity index (χ0v) is 10.2. The van der Waals surface area contributed by atoms with Crippen molar-refractivity contribution in [2.75, 3.05) is 24.1 Å². The van der Waals surface area contributed by atoms with Gasteiger partial charge in [-0.1, -0.05) is 13.8 Å². The molecular formula is C11H19N5O. The third-order valence-electron chi connectivity index (χ3n) is 2.08. The molecule has 0 aliphatic carbocycles. The van der Waals surface area contributed by atoms with Gasteiger partial charge >= 0.3 is 0 Å². The van der Waals surface area contributed by atoms with Crippen molar-refractivity contribution < 1.29 is 4.79 Å². The van der Waals surface area contributed by atoms with Crippen LogP contribution in [0, 0.1) is 5.92 Å². The number of carbonyl (C=O) groups is 1. The molecule has 0 atom stereocenters. The Labute approximate surface area is 101 Å². The number of hydrogen-bond acceptors (Lipinski definition) is 5. The molecule has 0 aliphatic rings. The first-order valence-electron chi connectivity index (χ1n) is 5.66. The lowest BCUT2D eigenvalue weighted by atomic mass is 10.2. The number of nitrogen functional groups attached to an aromatic ring is 1. The van der Waals surface area contributed by atoms with E-state index in [4.69, 9.17) is 5.73 Å². The summed E-state index contributed by atoms with van der Waals surface area (Å²) in [6.45, 7) is 5.30. The van der Waals surface area contributed by atoms with Crippen molar-refractivity contribution >= 4 is 17.5 Å². The Morgan fingerprint density at radius 2 is 2.12 bits per heavy atom. The fourth-order valence-corrected chi connectivity index (χ4v) is 1.19. The third-order valence-corrected chi connectivity index (χ3v) is 2.08. The summed E-state index contributed by atoms with van der Waals surface area (Å²) in [6.07, 6.45) is 3.47. The normalized spacial score (nSPS) is 10.3. The van der Waals surface area contributed by atoms with Gasteiger partial charge in [0.15, 0.2) is 11.6 Å². The average molecular weight is 237 g/mol. The maximum Gasteiger partial charge on any atom is 0.221 e. The predicted molar refractivity (Wildman–Crippen MR) is 67.4 cm³/mol. The van der Waals surface area contributed by atoms with E-state index in [0.29, 0.717) is 37.1 Å². The van der Waals surface area contributed by atoms with E-state index in [9.17, 15) is 4.79 Å². The van der Waals surface area contributed by atoms with Gasteiger partial charge < -0.3 is 16.4 Å². The number of nitrogens with two attached hydrogens (primary N) is 1. The fraction of sp³-hybridized carbons (Fsp3) is 0.545. The number of hydrogen-bond donors (Lipinski definition) is 3. The molecule has 0 fully saturated rings. The highest BCUT2D eigenvalue weighted by atomic mass is 16.1. The van der Waals surface area contributed by atoms with Crippen LogP contribution in [0.4, 0.5) is 11.6 Å². The van der Waals surface area contributed by atoms with E-state index in [0.717, 1.165) is 0 Å². The average Bonchev–Trinajstić information content (AvgIpc) is 2.29. The van der Waals surface area contributed by atoms with Gasteiger partial charge in [-0.15, -0.1) is 0 Å². The molecule has 0 spiro atoms. The zero-order valence-electron chi connectivity index (χ0n) is 10.2. The minimum atomic E-state index is 0.0219. The Bertz CT molecular complexity index is 367. The van der Waals surface area contributed by atoms with E-state index in [2.05, 4.69) is 34.4 Å². The van der Waals surface area contributed by atoms with Gasteiger partial charge in [-0.25, -0.2) is 9.97 Å². The fourth-order valence-electron chi connectivity index (χ4n) is 1.19. The molecule has 4 N–H and O–H groups in total. The van der Waals surface area contributed by atoms with Crippen molar-refractivity contribution in [2.24, 2.45) is 5.92 Å². The predicted octanol–water partition coefficient (Wildman–Crippen LogP) is 0.633. The number of nitrogens with one attached hydrogen (secondary N) is 2. The van der Waals surface area contributed by atoms with E-state index < -0.39 is 0 Å². The second kappa shape index (κ2) is 6.67. The molecule has 6 nitrogen and oxygen atoms in total. The first-order valence-corrected chi connectivity index (χ1v) is 5.66. The van der Waals surface area contributed by atoms with E-state index in [1.165, 1.54) is 6.20 Å². The molecule has 17 heavy (non-hydrogen) atoms. The van der Waals surface area contributed by atoms with Crippen LogP contribution >= 0.6 is 0 Å². The summed E-state index contributed by atoms with van der Waals surface area (Å²) in [6, 6.07) is 0. The second-order valence-electron chi connectivity index (χ2n) is 4.16. The molecule has 1 heterocycles. The molecule has 1 amide bonds. The molecule has 0 radical (unpaired) electrons. The maximum absolute atomic E-state index is 11.4.